The molecule has 0 saturated carbocycles. The second-order valence-corrected chi connectivity index (χ2v) is 6.38. The number of rotatable bonds is 6. The van der Waals surface area contributed by atoms with Gasteiger partial charge in [0, 0.05) is 34.3 Å². The van der Waals surface area contributed by atoms with Crippen LogP contribution in [0.4, 0.5) is 0 Å². The largest absolute Gasteiger partial charge is 0.472 e. The van der Waals surface area contributed by atoms with E-state index in [1.807, 2.05) is 28.7 Å². The molecular weight excluding hydrogens is 274 g/mol. The van der Waals surface area contributed by atoms with Crippen LogP contribution in [0.15, 0.2) is 58.0 Å². The summed E-state index contributed by atoms with van der Waals surface area (Å²) in [6, 6.07) is 11.0. The van der Waals surface area contributed by atoms with E-state index < -0.39 is 0 Å². The molecule has 3 aromatic rings. The number of hydrogen-bond acceptors (Lipinski definition) is 4. The van der Waals surface area contributed by atoms with Crippen LogP contribution < -0.4 is 5.32 Å². The molecule has 0 amide bonds. The lowest BCUT2D eigenvalue weighted by molar-refractivity contribution is 0.529. The maximum absolute atomic E-state index is 5.11. The first-order valence-electron chi connectivity index (χ1n) is 6.22. The van der Waals surface area contributed by atoms with E-state index in [1.165, 1.54) is 15.3 Å². The highest BCUT2D eigenvalue weighted by atomic mass is 32.1. The highest BCUT2D eigenvalue weighted by Crippen LogP contribution is 2.25. The Balaban J connectivity index is 1.69. The van der Waals surface area contributed by atoms with Crippen LogP contribution in [-0.4, -0.2) is 0 Å². The third-order valence-electron chi connectivity index (χ3n) is 3.00. The van der Waals surface area contributed by atoms with Crippen molar-refractivity contribution in [2.75, 3.05) is 0 Å². The Kier molecular flexibility index (Phi) is 4.13. The van der Waals surface area contributed by atoms with E-state index in [1.54, 1.807) is 12.5 Å². The summed E-state index contributed by atoms with van der Waals surface area (Å²) in [5, 5.41) is 7.89. The molecule has 0 aliphatic rings. The Labute approximate surface area is 120 Å². The van der Waals surface area contributed by atoms with E-state index in [0.29, 0.717) is 6.04 Å². The van der Waals surface area contributed by atoms with Gasteiger partial charge in [0.1, 0.15) is 0 Å². The second-order valence-electron chi connectivity index (χ2n) is 4.36. The first-order valence-corrected chi connectivity index (χ1v) is 7.98. The molecule has 0 aliphatic carbocycles. The Bertz CT molecular complexity index is 570. The Morgan fingerprint density at radius 1 is 1.11 bits per heavy atom. The van der Waals surface area contributed by atoms with Gasteiger partial charge in [-0.25, -0.2) is 0 Å². The average molecular weight is 289 g/mol. The zero-order chi connectivity index (χ0) is 12.9. The van der Waals surface area contributed by atoms with Crippen LogP contribution in [0.1, 0.15) is 21.4 Å². The lowest BCUT2D eigenvalue weighted by Gasteiger charge is -2.16. The molecule has 1 unspecified atom stereocenters. The van der Waals surface area contributed by atoms with Crippen LogP contribution in [0, 0.1) is 0 Å². The minimum Gasteiger partial charge on any atom is -0.472 e. The van der Waals surface area contributed by atoms with Crippen LogP contribution in [-0.2, 0) is 13.0 Å². The molecule has 1 N–H and O–H groups in total. The van der Waals surface area contributed by atoms with Crippen LogP contribution in [0.2, 0.25) is 0 Å². The molecule has 3 rings (SSSR count). The zero-order valence-electron chi connectivity index (χ0n) is 10.4. The summed E-state index contributed by atoms with van der Waals surface area (Å²) >= 11 is 3.63. The molecule has 0 saturated heterocycles. The molecule has 0 bridgehead atoms. The molecule has 0 radical (unpaired) electrons. The standard InChI is InChI=1S/C15H15NOS2/c1-3-13(18-7-1)9-14(15-4-2-8-19-15)16-10-12-5-6-17-11-12/h1-8,11,14,16H,9-10H2. The van der Waals surface area contributed by atoms with Gasteiger partial charge >= 0.3 is 0 Å². The topological polar surface area (TPSA) is 25.2 Å². The number of thiophene rings is 2. The van der Waals surface area contributed by atoms with E-state index in [0.717, 1.165) is 13.0 Å². The van der Waals surface area contributed by atoms with Crippen molar-refractivity contribution >= 4 is 22.7 Å². The molecule has 98 valence electrons. The quantitative estimate of drug-likeness (QED) is 0.724. The molecule has 0 spiro atoms. The number of nitrogens with one attached hydrogen (secondary N) is 1. The van der Waals surface area contributed by atoms with Gasteiger partial charge in [0.2, 0.25) is 0 Å². The van der Waals surface area contributed by atoms with Gasteiger partial charge in [0.15, 0.2) is 0 Å². The molecule has 0 aliphatic heterocycles. The van der Waals surface area contributed by atoms with Crippen molar-refractivity contribution in [2.24, 2.45) is 0 Å². The number of hydrogen-bond donors (Lipinski definition) is 1. The van der Waals surface area contributed by atoms with Crippen molar-refractivity contribution in [3.8, 4) is 0 Å². The molecule has 3 aromatic heterocycles. The Morgan fingerprint density at radius 2 is 2.00 bits per heavy atom. The van der Waals surface area contributed by atoms with E-state index in [-0.39, 0.29) is 0 Å². The van der Waals surface area contributed by atoms with E-state index in [4.69, 9.17) is 4.42 Å². The van der Waals surface area contributed by atoms with Crippen LogP contribution in [0.25, 0.3) is 0 Å². The molecule has 19 heavy (non-hydrogen) atoms. The molecule has 3 heterocycles. The van der Waals surface area contributed by atoms with E-state index >= 15 is 0 Å². The van der Waals surface area contributed by atoms with E-state index in [9.17, 15) is 0 Å². The first kappa shape index (κ1) is 12.7. The van der Waals surface area contributed by atoms with Gasteiger partial charge in [0.05, 0.1) is 12.5 Å². The SMILES string of the molecule is c1csc(CC(NCc2ccoc2)c2cccs2)c1. The minimum atomic E-state index is 0.369. The van der Waals surface area contributed by atoms with Crippen molar-refractivity contribution in [1.29, 1.82) is 0 Å². The molecule has 2 nitrogen and oxygen atoms in total. The summed E-state index contributed by atoms with van der Waals surface area (Å²) in [5.74, 6) is 0. The van der Waals surface area contributed by atoms with Gasteiger partial charge in [-0.05, 0) is 29.0 Å². The fourth-order valence-corrected chi connectivity index (χ4v) is 3.58. The highest BCUT2D eigenvalue weighted by Gasteiger charge is 2.13. The van der Waals surface area contributed by atoms with Crippen LogP contribution in [0.5, 0.6) is 0 Å². The van der Waals surface area contributed by atoms with Crippen LogP contribution >= 0.6 is 22.7 Å². The van der Waals surface area contributed by atoms with Crippen molar-refractivity contribution < 1.29 is 4.42 Å². The zero-order valence-corrected chi connectivity index (χ0v) is 12.0. The van der Waals surface area contributed by atoms with Crippen LogP contribution in [0.3, 0.4) is 0 Å². The highest BCUT2D eigenvalue weighted by molar-refractivity contribution is 7.10. The predicted octanol–water partition coefficient (Wildman–Crippen LogP) is 4.48. The van der Waals surface area contributed by atoms with Gasteiger partial charge in [-0.15, -0.1) is 22.7 Å². The summed E-state index contributed by atoms with van der Waals surface area (Å²) in [5.41, 5.74) is 1.19. The molecule has 0 aromatic carbocycles. The predicted molar refractivity (Wildman–Crippen MR) is 80.6 cm³/mol. The average Bonchev–Trinajstić information content (AvgIpc) is 3.15. The minimum absolute atomic E-state index is 0.369. The summed E-state index contributed by atoms with van der Waals surface area (Å²) < 4.78 is 5.11. The van der Waals surface area contributed by atoms with Gasteiger partial charge in [-0.1, -0.05) is 12.1 Å². The summed E-state index contributed by atoms with van der Waals surface area (Å²) in [4.78, 5) is 2.80. The third kappa shape index (κ3) is 3.35. The second kappa shape index (κ2) is 6.19. The van der Waals surface area contributed by atoms with Crippen molar-refractivity contribution in [1.82, 2.24) is 5.32 Å². The first-order chi connectivity index (χ1) is 9.42. The summed E-state index contributed by atoms with van der Waals surface area (Å²) in [6.07, 6.45) is 4.55. The van der Waals surface area contributed by atoms with E-state index in [2.05, 4.69) is 40.3 Å². The monoisotopic (exact) mass is 289 g/mol. The Hall–Kier alpha value is -1.36. The lowest BCUT2D eigenvalue weighted by atomic mass is 10.1. The van der Waals surface area contributed by atoms with Crippen molar-refractivity contribution in [3.63, 3.8) is 0 Å². The van der Waals surface area contributed by atoms with Gasteiger partial charge in [0.25, 0.3) is 0 Å². The molecule has 0 fully saturated rings. The summed E-state index contributed by atoms with van der Waals surface area (Å²) in [7, 11) is 0. The third-order valence-corrected chi connectivity index (χ3v) is 4.89. The van der Waals surface area contributed by atoms with Crippen molar-refractivity contribution in [3.05, 3.63) is 68.9 Å². The molecular formula is C15H15NOS2. The Morgan fingerprint density at radius 3 is 2.68 bits per heavy atom. The molecule has 1 atom stereocenters. The normalized spacial score (nSPS) is 12.6. The fraction of sp³-hybridized carbons (Fsp3) is 0.200. The number of furan rings is 1. The maximum Gasteiger partial charge on any atom is 0.0947 e. The summed E-state index contributed by atoms with van der Waals surface area (Å²) in [6.45, 7) is 0.838. The smallest absolute Gasteiger partial charge is 0.0947 e. The van der Waals surface area contributed by atoms with Gasteiger partial charge < -0.3 is 9.73 Å². The van der Waals surface area contributed by atoms with Crippen molar-refractivity contribution in [2.45, 2.75) is 19.0 Å². The van der Waals surface area contributed by atoms with Gasteiger partial charge in [-0.2, -0.15) is 0 Å². The lowest BCUT2D eigenvalue weighted by Crippen LogP contribution is -2.21. The molecule has 4 heteroatoms. The maximum atomic E-state index is 5.11. The van der Waals surface area contributed by atoms with Gasteiger partial charge in [-0.3, -0.25) is 0 Å². The fourth-order valence-electron chi connectivity index (χ4n) is 2.03.